The predicted octanol–water partition coefficient (Wildman–Crippen LogP) is 1.61. The van der Waals surface area contributed by atoms with Gasteiger partial charge < -0.3 is 10.1 Å². The van der Waals surface area contributed by atoms with Crippen LogP contribution in [-0.2, 0) is 9.53 Å². The zero-order chi connectivity index (χ0) is 11.4. The number of nitrogens with zero attached hydrogens (tertiary/aromatic N) is 1. The maximum absolute atomic E-state index is 10.9. The molecule has 0 aliphatic rings. The van der Waals surface area contributed by atoms with Crippen molar-refractivity contribution >= 4 is 5.97 Å². The molecule has 86 valence electrons. The predicted molar refractivity (Wildman–Crippen MR) is 58.2 cm³/mol. The summed E-state index contributed by atoms with van der Waals surface area (Å²) in [5, 5.41) is 11.5. The Morgan fingerprint density at radius 2 is 2.07 bits per heavy atom. The van der Waals surface area contributed by atoms with Crippen LogP contribution in [0.4, 0.5) is 0 Å². The maximum atomic E-state index is 10.9. The fraction of sp³-hybridized carbons (Fsp3) is 0.818. The number of nitrogens with one attached hydrogen (secondary N) is 1. The minimum Gasteiger partial charge on any atom is -0.466 e. The first-order valence-electron chi connectivity index (χ1n) is 5.54. The van der Waals surface area contributed by atoms with Crippen molar-refractivity contribution in [3.63, 3.8) is 0 Å². The third-order valence-corrected chi connectivity index (χ3v) is 1.93. The number of hydrogen-bond donors (Lipinski definition) is 1. The average Bonchev–Trinajstić information content (AvgIpc) is 2.22. The van der Waals surface area contributed by atoms with Crippen molar-refractivity contribution in [3.8, 4) is 6.07 Å². The summed E-state index contributed by atoms with van der Waals surface area (Å²) in [5.41, 5.74) is 0. The molecule has 0 saturated carbocycles. The van der Waals surface area contributed by atoms with E-state index in [9.17, 15) is 4.79 Å². The van der Waals surface area contributed by atoms with Gasteiger partial charge in [-0.15, -0.1) is 0 Å². The number of rotatable bonds is 9. The van der Waals surface area contributed by atoms with Gasteiger partial charge in [-0.25, -0.2) is 0 Å². The standard InChI is InChI=1S/C11H20N2O2/c1-2-15-11(14)7-6-10-13-9-5-3-4-8-12/h13H,2-7,9-10H2,1H3. The topological polar surface area (TPSA) is 62.1 Å². The average molecular weight is 212 g/mol. The molecular weight excluding hydrogens is 192 g/mol. The Morgan fingerprint density at radius 1 is 1.33 bits per heavy atom. The van der Waals surface area contributed by atoms with Gasteiger partial charge in [0.15, 0.2) is 0 Å². The monoisotopic (exact) mass is 212 g/mol. The fourth-order valence-electron chi connectivity index (χ4n) is 1.17. The molecule has 0 saturated heterocycles. The van der Waals surface area contributed by atoms with Crippen LogP contribution in [-0.4, -0.2) is 25.7 Å². The van der Waals surface area contributed by atoms with E-state index in [1.807, 2.05) is 6.92 Å². The molecule has 0 aromatic rings. The van der Waals surface area contributed by atoms with E-state index < -0.39 is 0 Å². The van der Waals surface area contributed by atoms with Crippen LogP contribution in [0.2, 0.25) is 0 Å². The number of hydrogen-bond acceptors (Lipinski definition) is 4. The zero-order valence-corrected chi connectivity index (χ0v) is 9.42. The molecule has 0 radical (unpaired) electrons. The van der Waals surface area contributed by atoms with Gasteiger partial charge in [0.2, 0.25) is 0 Å². The quantitative estimate of drug-likeness (QED) is 0.466. The first-order valence-corrected chi connectivity index (χ1v) is 5.54. The molecule has 0 bridgehead atoms. The minimum atomic E-state index is -0.121. The largest absolute Gasteiger partial charge is 0.466 e. The van der Waals surface area contributed by atoms with Crippen molar-refractivity contribution in [3.05, 3.63) is 0 Å². The minimum absolute atomic E-state index is 0.121. The molecule has 15 heavy (non-hydrogen) atoms. The van der Waals surface area contributed by atoms with Gasteiger partial charge >= 0.3 is 5.97 Å². The van der Waals surface area contributed by atoms with Crippen LogP contribution in [0.15, 0.2) is 0 Å². The lowest BCUT2D eigenvalue weighted by Gasteiger charge is -2.03. The number of ether oxygens (including phenoxy) is 1. The summed E-state index contributed by atoms with van der Waals surface area (Å²) in [7, 11) is 0. The third kappa shape index (κ3) is 10.8. The highest BCUT2D eigenvalue weighted by atomic mass is 16.5. The van der Waals surface area contributed by atoms with E-state index in [4.69, 9.17) is 10.00 Å². The molecule has 0 spiro atoms. The summed E-state index contributed by atoms with van der Waals surface area (Å²) < 4.78 is 4.80. The molecular formula is C11H20N2O2. The lowest BCUT2D eigenvalue weighted by Crippen LogP contribution is -2.18. The summed E-state index contributed by atoms with van der Waals surface area (Å²) in [6, 6.07) is 2.11. The molecule has 0 aliphatic heterocycles. The van der Waals surface area contributed by atoms with Crippen molar-refractivity contribution in [1.82, 2.24) is 5.32 Å². The molecule has 0 rings (SSSR count). The van der Waals surface area contributed by atoms with Crippen LogP contribution >= 0.6 is 0 Å². The van der Waals surface area contributed by atoms with Crippen LogP contribution in [0.3, 0.4) is 0 Å². The lowest BCUT2D eigenvalue weighted by atomic mass is 10.2. The van der Waals surface area contributed by atoms with Gasteiger partial charge in [0, 0.05) is 12.8 Å². The Bertz CT molecular complexity index is 199. The second-order valence-corrected chi connectivity index (χ2v) is 3.27. The molecule has 4 heteroatoms. The SMILES string of the molecule is CCOC(=O)CCCNCCCCC#N. The van der Waals surface area contributed by atoms with Crippen molar-refractivity contribution in [1.29, 1.82) is 5.26 Å². The molecule has 0 heterocycles. The van der Waals surface area contributed by atoms with E-state index in [1.165, 1.54) is 0 Å². The fourth-order valence-corrected chi connectivity index (χ4v) is 1.17. The molecule has 0 atom stereocenters. The maximum Gasteiger partial charge on any atom is 0.305 e. The van der Waals surface area contributed by atoms with E-state index in [0.717, 1.165) is 32.4 Å². The van der Waals surface area contributed by atoms with E-state index >= 15 is 0 Å². The Morgan fingerprint density at radius 3 is 2.73 bits per heavy atom. The van der Waals surface area contributed by atoms with Gasteiger partial charge in [-0.2, -0.15) is 5.26 Å². The van der Waals surface area contributed by atoms with Crippen molar-refractivity contribution < 1.29 is 9.53 Å². The second-order valence-electron chi connectivity index (χ2n) is 3.27. The molecule has 0 unspecified atom stereocenters. The number of esters is 1. The highest BCUT2D eigenvalue weighted by molar-refractivity contribution is 5.69. The van der Waals surface area contributed by atoms with Gasteiger partial charge in [-0.3, -0.25) is 4.79 Å². The van der Waals surface area contributed by atoms with E-state index in [1.54, 1.807) is 0 Å². The Hall–Kier alpha value is -1.08. The van der Waals surface area contributed by atoms with Crippen molar-refractivity contribution in [2.45, 2.75) is 39.0 Å². The summed E-state index contributed by atoms with van der Waals surface area (Å²) in [4.78, 5) is 10.9. The van der Waals surface area contributed by atoms with Crippen LogP contribution in [0.1, 0.15) is 39.0 Å². The Labute approximate surface area is 91.6 Å². The molecule has 0 aromatic heterocycles. The van der Waals surface area contributed by atoms with Gasteiger partial charge in [0.05, 0.1) is 12.7 Å². The molecule has 0 aliphatic carbocycles. The van der Waals surface area contributed by atoms with Gasteiger partial charge in [-0.1, -0.05) is 0 Å². The van der Waals surface area contributed by atoms with E-state index in [2.05, 4.69) is 11.4 Å². The normalized spacial score (nSPS) is 9.60. The van der Waals surface area contributed by atoms with Crippen LogP contribution in [0.25, 0.3) is 0 Å². The lowest BCUT2D eigenvalue weighted by molar-refractivity contribution is -0.143. The summed E-state index contributed by atoms with van der Waals surface area (Å²) in [5.74, 6) is -0.121. The van der Waals surface area contributed by atoms with Gasteiger partial charge in [0.25, 0.3) is 0 Å². The van der Waals surface area contributed by atoms with Crippen LogP contribution < -0.4 is 5.32 Å². The number of unbranched alkanes of at least 4 members (excludes halogenated alkanes) is 2. The number of carbonyl (C=O) groups is 1. The summed E-state index contributed by atoms with van der Waals surface area (Å²) in [6.45, 7) is 4.03. The van der Waals surface area contributed by atoms with Crippen molar-refractivity contribution in [2.75, 3.05) is 19.7 Å². The number of carbonyl (C=O) groups excluding carboxylic acids is 1. The summed E-state index contributed by atoms with van der Waals surface area (Å²) >= 11 is 0. The molecule has 0 amide bonds. The van der Waals surface area contributed by atoms with Gasteiger partial charge in [-0.05, 0) is 39.3 Å². The second kappa shape index (κ2) is 11.0. The molecule has 0 fully saturated rings. The van der Waals surface area contributed by atoms with E-state index in [-0.39, 0.29) is 5.97 Å². The smallest absolute Gasteiger partial charge is 0.305 e. The van der Waals surface area contributed by atoms with Crippen molar-refractivity contribution in [2.24, 2.45) is 0 Å². The molecule has 4 nitrogen and oxygen atoms in total. The first-order chi connectivity index (χ1) is 7.31. The molecule has 0 aromatic carbocycles. The third-order valence-electron chi connectivity index (χ3n) is 1.93. The zero-order valence-electron chi connectivity index (χ0n) is 9.42. The van der Waals surface area contributed by atoms with Crippen LogP contribution in [0.5, 0.6) is 0 Å². The Balaban J connectivity index is 3.05. The first kappa shape index (κ1) is 13.9. The highest BCUT2D eigenvalue weighted by Gasteiger charge is 1.99. The molecule has 1 N–H and O–H groups in total. The van der Waals surface area contributed by atoms with E-state index in [0.29, 0.717) is 19.4 Å². The number of nitriles is 1. The summed E-state index contributed by atoms with van der Waals surface area (Å²) in [6.07, 6.45) is 3.90. The Kier molecular flexibility index (Phi) is 10.2. The van der Waals surface area contributed by atoms with Crippen LogP contribution in [0, 0.1) is 11.3 Å². The van der Waals surface area contributed by atoms with Gasteiger partial charge in [0.1, 0.15) is 0 Å². The highest BCUT2D eigenvalue weighted by Crippen LogP contribution is 1.93.